The monoisotopic (exact) mass is 153 g/mol. The molecule has 0 saturated carbocycles. The van der Waals surface area contributed by atoms with Crippen molar-refractivity contribution in [3.05, 3.63) is 10.1 Å². The first kappa shape index (κ1) is 9.24. The molecule has 7 heteroatoms. The Morgan fingerprint density at radius 1 is 1.60 bits per heavy atom. The maximum absolute atomic E-state index is 9.66. The van der Waals surface area contributed by atoms with Gasteiger partial charge in [0.2, 0.25) is 6.10 Å². The van der Waals surface area contributed by atoms with E-state index in [1.165, 1.54) is 0 Å². The van der Waals surface area contributed by atoms with Crippen LogP contribution in [0.4, 0.5) is 0 Å². The summed E-state index contributed by atoms with van der Waals surface area (Å²) >= 11 is 0. The first-order chi connectivity index (χ1) is 4.42. The Bertz CT molecular complexity index is 133. The molecule has 0 aliphatic heterocycles. The summed E-state index contributed by atoms with van der Waals surface area (Å²) in [5.41, 5.74) is 0. The average Bonchev–Trinajstić information content (AvgIpc) is 1.86. The number of nitro groups is 1. The van der Waals surface area contributed by atoms with E-state index in [4.69, 9.17) is 20.4 Å². The molecule has 0 amide bonds. The van der Waals surface area contributed by atoms with Gasteiger partial charge in [0, 0.05) is 0 Å². The standard InChI is InChI=1S/C3H7NO6/c5-1-2(6)3(7,8)4(9)10/h2,5-8H,1H2. The smallest absolute Gasteiger partial charge is 0.393 e. The number of aliphatic hydroxyl groups excluding tert-OH is 2. The molecule has 1 atom stereocenters. The normalized spacial score (nSPS) is 14.8. The fourth-order valence-corrected chi connectivity index (χ4v) is 0.244. The summed E-state index contributed by atoms with van der Waals surface area (Å²) in [6.07, 6.45) is -2.19. The van der Waals surface area contributed by atoms with Crippen LogP contribution in [0.25, 0.3) is 0 Å². The van der Waals surface area contributed by atoms with Gasteiger partial charge < -0.3 is 20.4 Å². The third-order valence-electron chi connectivity index (χ3n) is 0.889. The fraction of sp³-hybridized carbons (Fsp3) is 1.00. The van der Waals surface area contributed by atoms with Crippen molar-refractivity contribution in [2.24, 2.45) is 0 Å². The highest BCUT2D eigenvalue weighted by Crippen LogP contribution is 2.05. The first-order valence-electron chi connectivity index (χ1n) is 2.31. The van der Waals surface area contributed by atoms with Gasteiger partial charge in [-0.1, -0.05) is 0 Å². The van der Waals surface area contributed by atoms with E-state index in [-0.39, 0.29) is 0 Å². The largest absolute Gasteiger partial charge is 0.465 e. The van der Waals surface area contributed by atoms with Gasteiger partial charge in [0.25, 0.3) is 0 Å². The molecule has 0 heterocycles. The van der Waals surface area contributed by atoms with Crippen molar-refractivity contribution >= 4 is 0 Å². The van der Waals surface area contributed by atoms with Crippen LogP contribution in [0, 0.1) is 10.1 Å². The molecule has 7 nitrogen and oxygen atoms in total. The third-order valence-corrected chi connectivity index (χ3v) is 0.889. The summed E-state index contributed by atoms with van der Waals surface area (Å²) in [4.78, 5) is 8.15. The minimum Gasteiger partial charge on any atom is -0.393 e. The number of hydrogen-bond acceptors (Lipinski definition) is 6. The summed E-state index contributed by atoms with van der Waals surface area (Å²) < 4.78 is 0. The van der Waals surface area contributed by atoms with Gasteiger partial charge in [0.15, 0.2) is 0 Å². The number of rotatable bonds is 3. The van der Waals surface area contributed by atoms with E-state index in [0.29, 0.717) is 0 Å². The third kappa shape index (κ3) is 1.61. The maximum Gasteiger partial charge on any atom is 0.465 e. The second kappa shape index (κ2) is 2.88. The molecule has 60 valence electrons. The Hall–Kier alpha value is -0.760. The Balaban J connectivity index is 4.23. The minimum atomic E-state index is -3.46. The SMILES string of the molecule is O=[N+]([O-])C(O)(O)C(O)CO. The molecule has 0 spiro atoms. The Morgan fingerprint density at radius 2 is 2.00 bits per heavy atom. The molecule has 0 aromatic rings. The van der Waals surface area contributed by atoms with Crippen LogP contribution in [0.15, 0.2) is 0 Å². The number of nitrogens with zero attached hydrogens (tertiary/aromatic N) is 1. The van der Waals surface area contributed by atoms with Crippen LogP contribution in [-0.2, 0) is 0 Å². The zero-order valence-corrected chi connectivity index (χ0v) is 4.84. The molecular formula is C3H7NO6. The van der Waals surface area contributed by atoms with E-state index in [1.54, 1.807) is 0 Å². The van der Waals surface area contributed by atoms with Crippen LogP contribution in [0.1, 0.15) is 0 Å². The van der Waals surface area contributed by atoms with E-state index in [0.717, 1.165) is 0 Å². The Morgan fingerprint density at radius 3 is 2.10 bits per heavy atom. The summed E-state index contributed by atoms with van der Waals surface area (Å²) in [7, 11) is 0. The van der Waals surface area contributed by atoms with E-state index < -0.39 is 23.5 Å². The number of aliphatic hydroxyl groups is 4. The van der Waals surface area contributed by atoms with Crippen LogP contribution < -0.4 is 0 Å². The van der Waals surface area contributed by atoms with Gasteiger partial charge in [-0.25, -0.2) is 0 Å². The van der Waals surface area contributed by atoms with Crippen LogP contribution in [0.5, 0.6) is 0 Å². The van der Waals surface area contributed by atoms with Gasteiger partial charge in [-0.3, -0.25) is 10.1 Å². The van der Waals surface area contributed by atoms with Crippen LogP contribution in [-0.4, -0.2) is 44.0 Å². The van der Waals surface area contributed by atoms with E-state index in [9.17, 15) is 10.1 Å². The quantitative estimate of drug-likeness (QED) is 0.198. The second-order valence-electron chi connectivity index (χ2n) is 1.64. The second-order valence-corrected chi connectivity index (χ2v) is 1.64. The van der Waals surface area contributed by atoms with Gasteiger partial charge >= 0.3 is 5.91 Å². The van der Waals surface area contributed by atoms with Crippen LogP contribution in [0.3, 0.4) is 0 Å². The molecule has 0 saturated heterocycles. The molecular weight excluding hydrogens is 146 g/mol. The molecule has 0 radical (unpaired) electrons. The molecule has 0 fully saturated rings. The highest BCUT2D eigenvalue weighted by atomic mass is 16.7. The van der Waals surface area contributed by atoms with Crippen molar-refractivity contribution < 1.29 is 25.3 Å². The van der Waals surface area contributed by atoms with Gasteiger partial charge in [0.1, 0.15) is 0 Å². The molecule has 1 unspecified atom stereocenters. The van der Waals surface area contributed by atoms with Gasteiger partial charge in [-0.15, -0.1) is 0 Å². The highest BCUT2D eigenvalue weighted by molar-refractivity contribution is 4.61. The van der Waals surface area contributed by atoms with Gasteiger partial charge in [-0.05, 0) is 0 Å². The average molecular weight is 153 g/mol. The van der Waals surface area contributed by atoms with E-state index in [1.807, 2.05) is 0 Å². The zero-order valence-electron chi connectivity index (χ0n) is 4.84. The van der Waals surface area contributed by atoms with Gasteiger partial charge in [0.05, 0.1) is 11.5 Å². The maximum atomic E-state index is 9.66. The highest BCUT2D eigenvalue weighted by Gasteiger charge is 2.46. The van der Waals surface area contributed by atoms with Gasteiger partial charge in [-0.2, -0.15) is 0 Å². The van der Waals surface area contributed by atoms with E-state index in [2.05, 4.69) is 0 Å². The minimum absolute atomic E-state index is 1.09. The molecule has 0 aromatic heterocycles. The number of hydrogen-bond donors (Lipinski definition) is 4. The molecule has 10 heavy (non-hydrogen) atoms. The van der Waals surface area contributed by atoms with Crippen LogP contribution in [0.2, 0.25) is 0 Å². The van der Waals surface area contributed by atoms with Crippen molar-refractivity contribution in [2.45, 2.75) is 12.0 Å². The predicted octanol–water partition coefficient (Wildman–Crippen LogP) is -2.75. The van der Waals surface area contributed by atoms with Crippen molar-refractivity contribution in [1.29, 1.82) is 0 Å². The lowest BCUT2D eigenvalue weighted by Gasteiger charge is -2.15. The lowest BCUT2D eigenvalue weighted by atomic mass is 10.3. The van der Waals surface area contributed by atoms with Crippen molar-refractivity contribution in [2.75, 3.05) is 6.61 Å². The molecule has 0 aliphatic carbocycles. The van der Waals surface area contributed by atoms with E-state index >= 15 is 0 Å². The molecule has 0 rings (SSSR count). The molecule has 4 N–H and O–H groups in total. The predicted molar refractivity (Wildman–Crippen MR) is 27.3 cm³/mol. The first-order valence-corrected chi connectivity index (χ1v) is 2.31. The van der Waals surface area contributed by atoms with Crippen molar-refractivity contribution in [1.82, 2.24) is 0 Å². The lowest BCUT2D eigenvalue weighted by molar-refractivity contribution is -0.696. The lowest BCUT2D eigenvalue weighted by Crippen LogP contribution is -2.50. The summed E-state index contributed by atoms with van der Waals surface area (Å²) in [5, 5.41) is 42.7. The van der Waals surface area contributed by atoms with Crippen LogP contribution >= 0.6 is 0 Å². The Kier molecular flexibility index (Phi) is 2.66. The molecule has 0 aliphatic rings. The summed E-state index contributed by atoms with van der Waals surface area (Å²) in [6.45, 7) is -1.09. The molecule has 0 aromatic carbocycles. The molecule has 0 bridgehead atoms. The fourth-order valence-electron chi connectivity index (χ4n) is 0.244. The Labute approximate surface area is 55.3 Å². The summed E-state index contributed by atoms with van der Waals surface area (Å²) in [6, 6.07) is 0. The summed E-state index contributed by atoms with van der Waals surface area (Å²) in [5.74, 6) is -3.46. The topological polar surface area (TPSA) is 124 Å². The zero-order chi connectivity index (χ0) is 8.36. The van der Waals surface area contributed by atoms with Crippen molar-refractivity contribution in [3.8, 4) is 0 Å². The van der Waals surface area contributed by atoms with Crippen molar-refractivity contribution in [3.63, 3.8) is 0 Å².